The van der Waals surface area contributed by atoms with E-state index >= 15 is 0 Å². The van der Waals surface area contributed by atoms with E-state index < -0.39 is 5.97 Å². The summed E-state index contributed by atoms with van der Waals surface area (Å²) in [6.45, 7) is -0.0179. The highest BCUT2D eigenvalue weighted by Crippen LogP contribution is 2.28. The molecule has 1 heterocycles. The van der Waals surface area contributed by atoms with Gasteiger partial charge in [-0.1, -0.05) is 23.2 Å². The average molecular weight is 287 g/mol. The molecule has 0 radical (unpaired) electrons. The largest absolute Gasteiger partial charge is 0.484 e. The van der Waals surface area contributed by atoms with Crippen LogP contribution in [0.15, 0.2) is 34.9 Å². The van der Waals surface area contributed by atoms with Crippen molar-refractivity contribution < 1.29 is 19.1 Å². The Morgan fingerprint density at radius 2 is 2.11 bits per heavy atom. The summed E-state index contributed by atoms with van der Waals surface area (Å²) in [4.78, 5) is 10.8. The third kappa shape index (κ3) is 2.78. The van der Waals surface area contributed by atoms with Crippen molar-refractivity contribution in [2.45, 2.75) is 6.61 Å². The summed E-state index contributed by atoms with van der Waals surface area (Å²) in [6, 6.07) is 6.14. The summed E-state index contributed by atoms with van der Waals surface area (Å²) in [6.07, 6.45) is 1.30. The first-order chi connectivity index (χ1) is 8.58. The quantitative estimate of drug-likeness (QED) is 0.927. The van der Waals surface area contributed by atoms with Crippen molar-refractivity contribution in [3.8, 4) is 5.75 Å². The zero-order valence-corrected chi connectivity index (χ0v) is 10.5. The summed E-state index contributed by atoms with van der Waals surface area (Å²) >= 11 is 11.7. The van der Waals surface area contributed by atoms with E-state index in [0.29, 0.717) is 15.8 Å². The Bertz CT molecular complexity index is 577. The predicted molar refractivity (Wildman–Crippen MR) is 66.5 cm³/mol. The Morgan fingerprint density at radius 1 is 1.33 bits per heavy atom. The van der Waals surface area contributed by atoms with E-state index in [1.165, 1.54) is 12.3 Å². The summed E-state index contributed by atoms with van der Waals surface area (Å²) in [5.74, 6) is -0.424. The van der Waals surface area contributed by atoms with Gasteiger partial charge in [-0.15, -0.1) is 0 Å². The van der Waals surface area contributed by atoms with Gasteiger partial charge in [-0.2, -0.15) is 0 Å². The maximum absolute atomic E-state index is 10.8. The average Bonchev–Trinajstić information content (AvgIpc) is 2.76. The Kier molecular flexibility index (Phi) is 3.79. The smallest absolute Gasteiger partial charge is 0.339 e. The maximum Gasteiger partial charge on any atom is 0.339 e. The molecule has 94 valence electrons. The number of hydrogen-bond donors (Lipinski definition) is 1. The Labute approximate surface area is 113 Å². The molecule has 1 aromatic heterocycles. The number of carboxylic acids is 1. The van der Waals surface area contributed by atoms with Crippen LogP contribution in [0.25, 0.3) is 0 Å². The van der Waals surface area contributed by atoms with Crippen LogP contribution < -0.4 is 4.74 Å². The number of aromatic carboxylic acids is 1. The van der Waals surface area contributed by atoms with Gasteiger partial charge in [0.05, 0.1) is 11.3 Å². The van der Waals surface area contributed by atoms with Crippen LogP contribution >= 0.6 is 23.2 Å². The standard InChI is InChI=1S/C12H8Cl2O4/c13-7-1-2-10(9(14)5-7)18-6-11-8(12(15)16)3-4-17-11/h1-5H,6H2,(H,15,16). The minimum atomic E-state index is -1.07. The number of carbonyl (C=O) groups is 1. The lowest BCUT2D eigenvalue weighted by atomic mass is 10.2. The molecule has 0 aliphatic heterocycles. The van der Waals surface area contributed by atoms with Crippen molar-refractivity contribution in [3.63, 3.8) is 0 Å². The van der Waals surface area contributed by atoms with E-state index in [-0.39, 0.29) is 17.9 Å². The molecule has 0 fully saturated rings. The molecule has 0 aliphatic rings. The highest BCUT2D eigenvalue weighted by atomic mass is 35.5. The molecule has 2 rings (SSSR count). The SMILES string of the molecule is O=C(O)c1ccoc1COc1ccc(Cl)cc1Cl. The fourth-order valence-corrected chi connectivity index (χ4v) is 1.84. The van der Waals surface area contributed by atoms with E-state index in [9.17, 15) is 4.79 Å². The Balaban J connectivity index is 2.11. The molecular weight excluding hydrogens is 279 g/mol. The van der Waals surface area contributed by atoms with Crippen LogP contribution in [-0.4, -0.2) is 11.1 Å². The van der Waals surface area contributed by atoms with Crippen LogP contribution in [-0.2, 0) is 6.61 Å². The monoisotopic (exact) mass is 286 g/mol. The molecule has 4 nitrogen and oxygen atoms in total. The summed E-state index contributed by atoms with van der Waals surface area (Å²) in [5, 5.41) is 9.73. The lowest BCUT2D eigenvalue weighted by Crippen LogP contribution is -2.02. The van der Waals surface area contributed by atoms with Crippen molar-refractivity contribution in [1.29, 1.82) is 0 Å². The molecule has 18 heavy (non-hydrogen) atoms. The van der Waals surface area contributed by atoms with E-state index in [4.69, 9.17) is 37.5 Å². The number of carboxylic acid groups (broad SMARTS) is 1. The highest BCUT2D eigenvalue weighted by Gasteiger charge is 2.14. The van der Waals surface area contributed by atoms with Crippen LogP contribution in [0.5, 0.6) is 5.75 Å². The van der Waals surface area contributed by atoms with Crippen LogP contribution in [0.4, 0.5) is 0 Å². The molecule has 2 aromatic rings. The Morgan fingerprint density at radius 3 is 2.78 bits per heavy atom. The van der Waals surface area contributed by atoms with Crippen molar-refractivity contribution in [2.24, 2.45) is 0 Å². The summed E-state index contributed by atoms with van der Waals surface area (Å²) < 4.78 is 10.4. The lowest BCUT2D eigenvalue weighted by molar-refractivity contribution is 0.0692. The van der Waals surface area contributed by atoms with Gasteiger partial charge in [0.1, 0.15) is 17.9 Å². The first kappa shape index (κ1) is 12.8. The second-order valence-corrected chi connectivity index (χ2v) is 4.27. The summed E-state index contributed by atoms with van der Waals surface area (Å²) in [5.41, 5.74) is 0.0695. The van der Waals surface area contributed by atoms with Crippen molar-refractivity contribution in [3.05, 3.63) is 51.9 Å². The van der Waals surface area contributed by atoms with E-state index in [1.807, 2.05) is 0 Å². The van der Waals surface area contributed by atoms with Crippen LogP contribution in [0.1, 0.15) is 16.1 Å². The second kappa shape index (κ2) is 5.33. The normalized spacial score (nSPS) is 10.3. The molecule has 0 aliphatic carbocycles. The molecule has 0 spiro atoms. The number of benzene rings is 1. The van der Waals surface area contributed by atoms with Gasteiger partial charge >= 0.3 is 5.97 Å². The minimum absolute atomic E-state index is 0.0179. The predicted octanol–water partition coefficient (Wildman–Crippen LogP) is 3.86. The topological polar surface area (TPSA) is 59.7 Å². The second-order valence-electron chi connectivity index (χ2n) is 3.43. The lowest BCUT2D eigenvalue weighted by Gasteiger charge is -2.07. The van der Waals surface area contributed by atoms with Crippen LogP contribution in [0, 0.1) is 0 Å². The van der Waals surface area contributed by atoms with Crippen molar-refractivity contribution >= 4 is 29.2 Å². The zero-order chi connectivity index (χ0) is 13.1. The number of rotatable bonds is 4. The summed E-state index contributed by atoms with van der Waals surface area (Å²) in [7, 11) is 0. The van der Waals surface area contributed by atoms with Gasteiger partial charge in [-0.25, -0.2) is 4.79 Å². The van der Waals surface area contributed by atoms with E-state index in [1.54, 1.807) is 18.2 Å². The van der Waals surface area contributed by atoms with E-state index in [0.717, 1.165) is 0 Å². The third-order valence-corrected chi connectivity index (χ3v) is 2.76. The van der Waals surface area contributed by atoms with Gasteiger partial charge in [0, 0.05) is 5.02 Å². The number of furan rings is 1. The molecule has 0 saturated carbocycles. The maximum atomic E-state index is 10.8. The third-order valence-electron chi connectivity index (χ3n) is 2.23. The van der Waals surface area contributed by atoms with Gasteiger partial charge in [0.15, 0.2) is 5.76 Å². The van der Waals surface area contributed by atoms with Crippen molar-refractivity contribution in [1.82, 2.24) is 0 Å². The minimum Gasteiger partial charge on any atom is -0.484 e. The molecule has 0 saturated heterocycles. The van der Waals surface area contributed by atoms with Gasteiger partial charge in [-0.3, -0.25) is 0 Å². The van der Waals surface area contributed by atoms with Crippen LogP contribution in [0.3, 0.4) is 0 Å². The van der Waals surface area contributed by atoms with Crippen LogP contribution in [0.2, 0.25) is 10.0 Å². The van der Waals surface area contributed by atoms with E-state index in [2.05, 4.69) is 0 Å². The fraction of sp³-hybridized carbons (Fsp3) is 0.0833. The number of hydrogen-bond acceptors (Lipinski definition) is 3. The molecule has 6 heteroatoms. The Hall–Kier alpha value is -1.65. The molecule has 0 atom stereocenters. The molecule has 1 aromatic carbocycles. The molecular formula is C12H8Cl2O4. The number of ether oxygens (including phenoxy) is 1. The molecule has 0 bridgehead atoms. The number of halogens is 2. The first-order valence-electron chi connectivity index (χ1n) is 4.95. The van der Waals surface area contributed by atoms with Crippen molar-refractivity contribution in [2.75, 3.05) is 0 Å². The first-order valence-corrected chi connectivity index (χ1v) is 5.71. The molecule has 0 amide bonds. The highest BCUT2D eigenvalue weighted by molar-refractivity contribution is 6.35. The zero-order valence-electron chi connectivity index (χ0n) is 9.02. The van der Waals surface area contributed by atoms with Gasteiger partial charge in [-0.05, 0) is 24.3 Å². The van der Waals surface area contributed by atoms with Gasteiger partial charge < -0.3 is 14.3 Å². The van der Waals surface area contributed by atoms with Gasteiger partial charge in [0.2, 0.25) is 0 Å². The van der Waals surface area contributed by atoms with Gasteiger partial charge in [0.25, 0.3) is 0 Å². The fourth-order valence-electron chi connectivity index (χ4n) is 1.38. The molecule has 1 N–H and O–H groups in total. The molecule has 0 unspecified atom stereocenters.